The first-order valence-electron chi connectivity index (χ1n) is 12.0. The number of hydrogen-bond acceptors (Lipinski definition) is 3. The molecule has 162 valence electrons. The molecule has 2 aliphatic carbocycles. The van der Waals surface area contributed by atoms with E-state index >= 15 is 0 Å². The molecule has 9 rings (SSSR count). The van der Waals surface area contributed by atoms with Crippen LogP contribution in [0.2, 0.25) is 0 Å². The van der Waals surface area contributed by atoms with E-state index in [9.17, 15) is 0 Å². The third-order valence-corrected chi connectivity index (χ3v) is 8.03. The van der Waals surface area contributed by atoms with E-state index in [2.05, 4.69) is 69.0 Å². The molecule has 4 heteroatoms. The number of imidazole rings is 1. The van der Waals surface area contributed by atoms with Gasteiger partial charge in [0.25, 0.3) is 0 Å². The Labute approximate surface area is 200 Å². The van der Waals surface area contributed by atoms with Gasteiger partial charge in [0.15, 0.2) is 0 Å². The van der Waals surface area contributed by atoms with Gasteiger partial charge in [-0.3, -0.25) is 14.4 Å². The lowest BCUT2D eigenvalue weighted by atomic mass is 9.95. The van der Waals surface area contributed by atoms with Crippen molar-refractivity contribution in [3.63, 3.8) is 0 Å². The minimum Gasteiger partial charge on any atom is -0.289 e. The summed E-state index contributed by atoms with van der Waals surface area (Å²) in [5.74, 6) is 0. The smallest absolute Gasteiger partial charge is 0.146 e. The van der Waals surface area contributed by atoms with Gasteiger partial charge in [0, 0.05) is 29.6 Å². The Kier molecular flexibility index (Phi) is 3.11. The second-order valence-corrected chi connectivity index (χ2v) is 9.68. The molecule has 0 N–H and O–H groups in total. The minimum absolute atomic E-state index is 0.924. The van der Waals surface area contributed by atoms with E-state index in [0.29, 0.717) is 0 Å². The van der Waals surface area contributed by atoms with Crippen LogP contribution in [0.15, 0.2) is 85.5 Å². The molecule has 0 amide bonds. The maximum absolute atomic E-state index is 5.14. The Bertz CT molecular complexity index is 2070. The highest BCUT2D eigenvalue weighted by Crippen LogP contribution is 2.50. The normalized spacial score (nSPS) is 13.5. The molecule has 4 nitrogen and oxygen atoms in total. The third kappa shape index (κ3) is 2.11. The van der Waals surface area contributed by atoms with Crippen LogP contribution in [-0.2, 0) is 12.8 Å². The molecule has 0 saturated carbocycles. The monoisotopic (exact) mass is 446 g/mol. The lowest BCUT2D eigenvalue weighted by Crippen LogP contribution is -1.95. The van der Waals surface area contributed by atoms with Crippen molar-refractivity contribution in [2.24, 2.45) is 0 Å². The maximum Gasteiger partial charge on any atom is 0.146 e. The van der Waals surface area contributed by atoms with E-state index in [0.717, 1.165) is 35.0 Å². The first kappa shape index (κ1) is 17.8. The van der Waals surface area contributed by atoms with Gasteiger partial charge in [-0.05, 0) is 68.4 Å². The van der Waals surface area contributed by atoms with E-state index in [1.807, 2.05) is 30.9 Å². The van der Waals surface area contributed by atoms with Crippen molar-refractivity contribution in [1.82, 2.24) is 19.4 Å². The largest absolute Gasteiger partial charge is 0.289 e. The summed E-state index contributed by atoms with van der Waals surface area (Å²) in [5, 5.41) is 3.68. The zero-order valence-corrected chi connectivity index (χ0v) is 18.8. The first-order valence-corrected chi connectivity index (χ1v) is 12.0. The van der Waals surface area contributed by atoms with Crippen molar-refractivity contribution in [3.05, 3.63) is 108 Å². The fraction of sp³-hybridized carbons (Fsp3) is 0.0645. The molecule has 2 aliphatic rings. The van der Waals surface area contributed by atoms with Gasteiger partial charge in [-0.1, -0.05) is 48.5 Å². The number of hydrogen-bond donors (Lipinski definition) is 0. The molecule has 3 aromatic carbocycles. The molecule has 7 aromatic rings. The molecule has 4 aromatic heterocycles. The van der Waals surface area contributed by atoms with E-state index in [4.69, 9.17) is 4.98 Å². The molecule has 4 heterocycles. The van der Waals surface area contributed by atoms with E-state index in [1.54, 1.807) is 0 Å². The highest BCUT2D eigenvalue weighted by molar-refractivity contribution is 6.17. The predicted octanol–water partition coefficient (Wildman–Crippen LogP) is 6.73. The van der Waals surface area contributed by atoms with Crippen LogP contribution in [0.3, 0.4) is 0 Å². The average Bonchev–Trinajstić information content (AvgIpc) is 3.59. The maximum atomic E-state index is 5.14. The molecule has 0 atom stereocenters. The highest BCUT2D eigenvalue weighted by atomic mass is 15.0. The fourth-order valence-corrected chi connectivity index (χ4v) is 6.61. The minimum atomic E-state index is 0.924. The molecule has 0 bridgehead atoms. The van der Waals surface area contributed by atoms with Crippen LogP contribution in [0.5, 0.6) is 0 Å². The Hall–Kier alpha value is -4.57. The highest BCUT2D eigenvalue weighted by Gasteiger charge is 2.30. The number of benzene rings is 3. The molecule has 35 heavy (non-hydrogen) atoms. The van der Waals surface area contributed by atoms with Crippen LogP contribution in [0.4, 0.5) is 0 Å². The van der Waals surface area contributed by atoms with E-state index < -0.39 is 0 Å². The van der Waals surface area contributed by atoms with Crippen LogP contribution in [0.25, 0.3) is 60.6 Å². The van der Waals surface area contributed by atoms with Crippen LogP contribution in [0.1, 0.15) is 22.3 Å². The summed E-state index contributed by atoms with van der Waals surface area (Å²) in [4.78, 5) is 14.0. The zero-order chi connectivity index (χ0) is 22.7. The van der Waals surface area contributed by atoms with Crippen molar-refractivity contribution in [2.45, 2.75) is 12.8 Å². The SMILES string of the molecule is c1ccc2c(c1)Cc1ccc3c(c1-2)Cc1c-3ccc2c3ccncc3n3c4cnccc4nc3c12. The summed E-state index contributed by atoms with van der Waals surface area (Å²) < 4.78 is 2.25. The number of pyridine rings is 3. The van der Waals surface area contributed by atoms with Crippen molar-refractivity contribution in [1.29, 1.82) is 0 Å². The second-order valence-electron chi connectivity index (χ2n) is 9.68. The van der Waals surface area contributed by atoms with Gasteiger partial charge in [-0.25, -0.2) is 4.98 Å². The van der Waals surface area contributed by atoms with Crippen LogP contribution in [-0.4, -0.2) is 19.4 Å². The summed E-state index contributed by atoms with van der Waals surface area (Å²) in [6.07, 6.45) is 9.51. The number of rotatable bonds is 0. The summed E-state index contributed by atoms with van der Waals surface area (Å²) >= 11 is 0. The van der Waals surface area contributed by atoms with Gasteiger partial charge >= 0.3 is 0 Å². The lowest BCUT2D eigenvalue weighted by Gasteiger charge is -2.12. The van der Waals surface area contributed by atoms with E-state index in [1.165, 1.54) is 60.7 Å². The molecule has 0 spiro atoms. The van der Waals surface area contributed by atoms with Crippen molar-refractivity contribution >= 4 is 38.4 Å². The van der Waals surface area contributed by atoms with Crippen molar-refractivity contribution in [3.8, 4) is 22.3 Å². The summed E-state index contributed by atoms with van der Waals surface area (Å²) in [5.41, 5.74) is 15.3. The van der Waals surface area contributed by atoms with Gasteiger partial charge in [-0.2, -0.15) is 0 Å². The zero-order valence-electron chi connectivity index (χ0n) is 18.8. The third-order valence-electron chi connectivity index (χ3n) is 8.03. The van der Waals surface area contributed by atoms with Crippen molar-refractivity contribution in [2.75, 3.05) is 0 Å². The van der Waals surface area contributed by atoms with Gasteiger partial charge in [0.05, 0.1) is 28.9 Å². The fourth-order valence-electron chi connectivity index (χ4n) is 6.61. The number of fused-ring (bicyclic) bond motifs is 16. The van der Waals surface area contributed by atoms with Gasteiger partial charge < -0.3 is 0 Å². The van der Waals surface area contributed by atoms with E-state index in [-0.39, 0.29) is 0 Å². The quantitative estimate of drug-likeness (QED) is 0.243. The number of nitrogens with zero attached hydrogens (tertiary/aromatic N) is 4. The van der Waals surface area contributed by atoms with Crippen LogP contribution >= 0.6 is 0 Å². The first-order chi connectivity index (χ1) is 17.4. The molecule has 0 fully saturated rings. The Morgan fingerprint density at radius 3 is 2.43 bits per heavy atom. The van der Waals surface area contributed by atoms with Crippen LogP contribution < -0.4 is 0 Å². The van der Waals surface area contributed by atoms with Gasteiger partial charge in [-0.15, -0.1) is 0 Å². The molecular formula is C31H18N4. The van der Waals surface area contributed by atoms with Gasteiger partial charge in [0.2, 0.25) is 0 Å². The Morgan fingerprint density at radius 2 is 1.46 bits per heavy atom. The van der Waals surface area contributed by atoms with Crippen LogP contribution in [0, 0.1) is 0 Å². The Morgan fingerprint density at radius 1 is 0.629 bits per heavy atom. The topological polar surface area (TPSA) is 43.1 Å². The summed E-state index contributed by atoms with van der Waals surface area (Å²) in [6, 6.07) is 22.3. The molecular weight excluding hydrogens is 428 g/mol. The predicted molar refractivity (Wildman–Crippen MR) is 140 cm³/mol. The standard InChI is InChI=1S/C31H18N4/c1-2-4-19-17(3-1)13-18-5-6-20-21-7-8-23-22-9-11-32-15-27(22)35-28-16-33-12-10-26(28)34-31(35)30(23)25(21)14-24(20)29(18)19/h1-12,15-16H,13-14H2. The molecule has 0 saturated heterocycles. The van der Waals surface area contributed by atoms with Gasteiger partial charge in [0.1, 0.15) is 5.65 Å². The molecule has 0 unspecified atom stereocenters. The lowest BCUT2D eigenvalue weighted by molar-refractivity contribution is 1.23. The Balaban J connectivity index is 1.44. The summed E-state index contributed by atoms with van der Waals surface area (Å²) in [6.45, 7) is 0. The number of aromatic nitrogens is 4. The van der Waals surface area contributed by atoms with Crippen molar-refractivity contribution < 1.29 is 0 Å². The second kappa shape index (κ2) is 6.10. The summed E-state index contributed by atoms with van der Waals surface area (Å²) in [7, 11) is 0. The average molecular weight is 447 g/mol. The molecule has 0 radical (unpaired) electrons. The molecule has 0 aliphatic heterocycles.